The number of carbonyl (C=O) groups excluding carboxylic acids is 1. The highest BCUT2D eigenvalue weighted by molar-refractivity contribution is 6.34. The van der Waals surface area contributed by atoms with Gasteiger partial charge in [-0.05, 0) is 19.1 Å². The first-order chi connectivity index (χ1) is 12.5. The van der Waals surface area contributed by atoms with Crippen LogP contribution in [0.25, 0.3) is 16.7 Å². The van der Waals surface area contributed by atoms with Crippen LogP contribution in [0.15, 0.2) is 18.2 Å². The molecule has 0 radical (unpaired) electrons. The Bertz CT molecular complexity index is 1110. The molecule has 3 heterocycles. The number of rotatable bonds is 4. The van der Waals surface area contributed by atoms with Crippen LogP contribution in [0.3, 0.4) is 0 Å². The summed E-state index contributed by atoms with van der Waals surface area (Å²) in [4.78, 5) is 18.9. The van der Waals surface area contributed by atoms with E-state index < -0.39 is 0 Å². The lowest BCUT2D eigenvalue weighted by Crippen LogP contribution is -2.31. The molecule has 1 unspecified atom stereocenters. The number of aryl methyl sites for hydroxylation is 1. The molecule has 0 aliphatic carbocycles. The fourth-order valence-corrected chi connectivity index (χ4v) is 3.12. The maximum Gasteiger partial charge on any atom is 0.255 e. The van der Waals surface area contributed by atoms with E-state index in [9.17, 15) is 4.79 Å². The minimum Gasteiger partial charge on any atom is -0.341 e. The number of halogens is 1. The molecule has 0 spiro atoms. The van der Waals surface area contributed by atoms with Gasteiger partial charge in [-0.15, -0.1) is 5.10 Å². The SMILES string of the molecule is Cc1[nH]n2nc(C(C)CN(C)C(=O)c3cccc4n[nH]nc34)nc2c1Cl. The van der Waals surface area contributed by atoms with E-state index in [4.69, 9.17) is 11.6 Å². The quantitative estimate of drug-likeness (QED) is 0.570. The third kappa shape index (κ3) is 2.60. The van der Waals surface area contributed by atoms with Crippen molar-refractivity contribution in [3.05, 3.63) is 40.3 Å². The molecule has 9 nitrogen and oxygen atoms in total. The predicted octanol–water partition coefficient (Wildman–Crippen LogP) is 2.17. The van der Waals surface area contributed by atoms with Gasteiger partial charge in [0, 0.05) is 19.5 Å². The lowest BCUT2D eigenvalue weighted by atomic mass is 10.1. The van der Waals surface area contributed by atoms with Crippen LogP contribution in [0, 0.1) is 6.92 Å². The Morgan fingerprint density at radius 1 is 1.38 bits per heavy atom. The molecule has 0 aliphatic heterocycles. The van der Waals surface area contributed by atoms with Gasteiger partial charge in [-0.1, -0.05) is 24.6 Å². The first-order valence-corrected chi connectivity index (χ1v) is 8.49. The molecule has 0 saturated carbocycles. The Kier molecular flexibility index (Phi) is 3.87. The van der Waals surface area contributed by atoms with Gasteiger partial charge in [0.2, 0.25) is 0 Å². The topological polar surface area (TPSA) is 108 Å². The molecule has 10 heteroatoms. The minimum absolute atomic E-state index is 0.0647. The average Bonchev–Trinajstić information content (AvgIpc) is 3.31. The third-order valence-electron chi connectivity index (χ3n) is 4.34. The highest BCUT2D eigenvalue weighted by atomic mass is 35.5. The van der Waals surface area contributed by atoms with E-state index in [0.29, 0.717) is 39.6 Å². The summed E-state index contributed by atoms with van der Waals surface area (Å²) in [6.07, 6.45) is 0. The van der Waals surface area contributed by atoms with Gasteiger partial charge in [-0.25, -0.2) is 4.98 Å². The Labute approximate surface area is 153 Å². The molecule has 134 valence electrons. The molecular formula is C16H17ClN8O. The van der Waals surface area contributed by atoms with E-state index >= 15 is 0 Å². The Hall–Kier alpha value is -2.94. The number of aromatic nitrogens is 7. The van der Waals surface area contributed by atoms with Gasteiger partial charge in [0.25, 0.3) is 5.91 Å². The average molecular weight is 373 g/mol. The summed E-state index contributed by atoms with van der Waals surface area (Å²) in [6, 6.07) is 5.34. The molecule has 1 atom stereocenters. The molecule has 4 aromatic rings. The number of benzene rings is 1. The third-order valence-corrected chi connectivity index (χ3v) is 4.79. The molecule has 2 N–H and O–H groups in total. The van der Waals surface area contributed by atoms with Crippen molar-refractivity contribution in [3.63, 3.8) is 0 Å². The van der Waals surface area contributed by atoms with Gasteiger partial charge in [-0.3, -0.25) is 9.89 Å². The summed E-state index contributed by atoms with van der Waals surface area (Å²) < 4.78 is 1.56. The van der Waals surface area contributed by atoms with Crippen molar-refractivity contribution in [2.24, 2.45) is 0 Å². The van der Waals surface area contributed by atoms with Crippen LogP contribution in [0.1, 0.15) is 34.7 Å². The molecular weight excluding hydrogens is 356 g/mol. The van der Waals surface area contributed by atoms with Crippen LogP contribution < -0.4 is 0 Å². The molecule has 1 aromatic carbocycles. The second-order valence-corrected chi connectivity index (χ2v) is 6.72. The van der Waals surface area contributed by atoms with E-state index in [1.54, 1.807) is 34.8 Å². The number of hydrogen-bond donors (Lipinski definition) is 2. The van der Waals surface area contributed by atoms with Crippen molar-refractivity contribution < 1.29 is 4.79 Å². The molecule has 0 bridgehead atoms. The normalized spacial score (nSPS) is 12.8. The number of H-pyrrole nitrogens is 2. The highest BCUT2D eigenvalue weighted by Crippen LogP contribution is 2.22. The second kappa shape index (κ2) is 6.10. The Balaban J connectivity index is 1.55. The van der Waals surface area contributed by atoms with Crippen LogP contribution in [0.5, 0.6) is 0 Å². The van der Waals surface area contributed by atoms with Gasteiger partial charge in [0.15, 0.2) is 11.5 Å². The molecule has 0 saturated heterocycles. The van der Waals surface area contributed by atoms with Gasteiger partial charge in [0.1, 0.15) is 16.1 Å². The zero-order valence-electron chi connectivity index (χ0n) is 14.5. The number of fused-ring (bicyclic) bond motifs is 2. The van der Waals surface area contributed by atoms with E-state index in [2.05, 4.69) is 30.6 Å². The summed E-state index contributed by atoms with van der Waals surface area (Å²) >= 11 is 6.21. The maximum atomic E-state index is 12.8. The van der Waals surface area contributed by atoms with E-state index in [1.807, 2.05) is 13.8 Å². The molecule has 4 rings (SSSR count). The zero-order chi connectivity index (χ0) is 18.4. The molecule has 3 aromatic heterocycles. The number of nitrogens with one attached hydrogen (secondary N) is 2. The summed E-state index contributed by atoms with van der Waals surface area (Å²) in [5, 5.41) is 18.6. The monoisotopic (exact) mass is 372 g/mol. The second-order valence-electron chi connectivity index (χ2n) is 6.34. The summed E-state index contributed by atoms with van der Waals surface area (Å²) in [5.74, 6) is 0.428. The van der Waals surface area contributed by atoms with E-state index in [0.717, 1.165) is 5.69 Å². The lowest BCUT2D eigenvalue weighted by Gasteiger charge is -2.20. The molecule has 0 fully saturated rings. The number of likely N-dealkylation sites (N-methyl/N-ethyl adjacent to an activating group) is 1. The van der Waals surface area contributed by atoms with Crippen LogP contribution in [0.2, 0.25) is 5.02 Å². The maximum absolute atomic E-state index is 12.8. The molecule has 26 heavy (non-hydrogen) atoms. The fraction of sp³-hybridized carbons (Fsp3) is 0.312. The van der Waals surface area contributed by atoms with Gasteiger partial charge in [0.05, 0.1) is 11.3 Å². The molecule has 1 amide bonds. The largest absolute Gasteiger partial charge is 0.341 e. The minimum atomic E-state index is -0.130. The fourth-order valence-electron chi connectivity index (χ4n) is 2.95. The first-order valence-electron chi connectivity index (χ1n) is 8.11. The van der Waals surface area contributed by atoms with Crippen molar-refractivity contribution in [1.29, 1.82) is 0 Å². The number of amides is 1. The summed E-state index contributed by atoms with van der Waals surface area (Å²) in [7, 11) is 1.75. The van der Waals surface area contributed by atoms with Crippen LogP contribution >= 0.6 is 11.6 Å². The van der Waals surface area contributed by atoms with Crippen molar-refractivity contribution in [2.45, 2.75) is 19.8 Å². The Morgan fingerprint density at radius 3 is 2.96 bits per heavy atom. The van der Waals surface area contributed by atoms with E-state index in [-0.39, 0.29) is 11.8 Å². The molecule has 0 aliphatic rings. The van der Waals surface area contributed by atoms with Crippen molar-refractivity contribution in [3.8, 4) is 0 Å². The number of nitrogens with zero attached hydrogens (tertiary/aromatic N) is 6. The first kappa shape index (κ1) is 16.5. The number of aromatic amines is 2. The van der Waals surface area contributed by atoms with Gasteiger partial charge < -0.3 is 4.90 Å². The summed E-state index contributed by atoms with van der Waals surface area (Å²) in [5.41, 5.74) is 3.14. The standard InChI is InChI=1S/C16H17ClN8O/c1-8(14-18-15-12(17)9(2)21-25(15)22-14)7-24(3)16(26)10-5-4-6-11-13(10)20-23-19-11/h4-6,8,21H,7H2,1-3H3,(H,19,20,23). The van der Waals surface area contributed by atoms with Gasteiger partial charge in [-0.2, -0.15) is 20.0 Å². The zero-order valence-corrected chi connectivity index (χ0v) is 15.2. The van der Waals surface area contributed by atoms with Crippen LogP contribution in [-0.4, -0.2) is 59.6 Å². The van der Waals surface area contributed by atoms with Crippen molar-refractivity contribution in [2.75, 3.05) is 13.6 Å². The number of para-hydroxylation sites is 1. The summed E-state index contributed by atoms with van der Waals surface area (Å²) in [6.45, 7) is 4.28. The predicted molar refractivity (Wildman–Crippen MR) is 96.3 cm³/mol. The smallest absolute Gasteiger partial charge is 0.255 e. The van der Waals surface area contributed by atoms with Crippen molar-refractivity contribution in [1.82, 2.24) is 40.1 Å². The number of carbonyl (C=O) groups is 1. The van der Waals surface area contributed by atoms with Crippen molar-refractivity contribution >= 4 is 34.2 Å². The van der Waals surface area contributed by atoms with Crippen LogP contribution in [-0.2, 0) is 0 Å². The number of hydrogen-bond acceptors (Lipinski definition) is 5. The van der Waals surface area contributed by atoms with E-state index in [1.165, 1.54) is 0 Å². The lowest BCUT2D eigenvalue weighted by molar-refractivity contribution is 0.0789. The van der Waals surface area contributed by atoms with Crippen LogP contribution in [0.4, 0.5) is 0 Å². The Morgan fingerprint density at radius 2 is 2.19 bits per heavy atom. The highest BCUT2D eigenvalue weighted by Gasteiger charge is 2.22. The van der Waals surface area contributed by atoms with Gasteiger partial charge >= 0.3 is 0 Å².